The second-order valence-electron chi connectivity index (χ2n) is 7.28. The largest absolute Gasteiger partial charge is 0.482 e. The molecular weight excluding hydrogens is 430 g/mol. The van der Waals surface area contributed by atoms with Gasteiger partial charge in [-0.3, -0.25) is 19.2 Å². The minimum Gasteiger partial charge on any atom is -0.482 e. The first-order valence-corrected chi connectivity index (χ1v) is 11.3. The first-order chi connectivity index (χ1) is 15.3. The molecule has 1 aliphatic heterocycles. The van der Waals surface area contributed by atoms with Gasteiger partial charge in [0.2, 0.25) is 5.91 Å². The Morgan fingerprint density at radius 2 is 1.62 bits per heavy atom. The summed E-state index contributed by atoms with van der Waals surface area (Å²) in [6.45, 7) is 1.59. The van der Waals surface area contributed by atoms with Gasteiger partial charge in [-0.2, -0.15) is 0 Å². The lowest BCUT2D eigenvalue weighted by Gasteiger charge is -2.28. The average Bonchev–Trinajstić information content (AvgIpc) is 2.77. The van der Waals surface area contributed by atoms with Crippen LogP contribution in [0, 0.1) is 6.92 Å². The number of fused-ring (bicyclic) bond motifs is 1. The molecule has 1 aliphatic rings. The van der Waals surface area contributed by atoms with Crippen molar-refractivity contribution in [2.75, 3.05) is 28.1 Å². The van der Waals surface area contributed by atoms with E-state index in [0.717, 1.165) is 5.56 Å². The van der Waals surface area contributed by atoms with Gasteiger partial charge in [0.05, 0.1) is 10.6 Å². The summed E-state index contributed by atoms with van der Waals surface area (Å²) in [7, 11) is -3.71. The second kappa shape index (κ2) is 8.72. The highest BCUT2D eigenvalue weighted by molar-refractivity contribution is 7.92. The van der Waals surface area contributed by atoms with Gasteiger partial charge >= 0.3 is 0 Å². The van der Waals surface area contributed by atoms with Crippen LogP contribution in [-0.4, -0.2) is 33.4 Å². The minimum absolute atomic E-state index is 0.125. The third kappa shape index (κ3) is 4.73. The number of amides is 2. The van der Waals surface area contributed by atoms with Gasteiger partial charge in [-0.15, -0.1) is 0 Å². The van der Waals surface area contributed by atoms with Crippen molar-refractivity contribution in [1.82, 2.24) is 0 Å². The number of nitrogens with one attached hydrogen (secondary N) is 2. The van der Waals surface area contributed by atoms with Crippen LogP contribution < -0.4 is 19.7 Å². The Morgan fingerprint density at radius 3 is 2.34 bits per heavy atom. The van der Waals surface area contributed by atoms with Crippen molar-refractivity contribution >= 4 is 38.9 Å². The Morgan fingerprint density at radius 1 is 0.969 bits per heavy atom. The monoisotopic (exact) mass is 451 g/mol. The van der Waals surface area contributed by atoms with Gasteiger partial charge in [-0.1, -0.05) is 29.8 Å². The molecule has 1 heterocycles. The smallest absolute Gasteiger partial charge is 0.265 e. The quantitative estimate of drug-likeness (QED) is 0.599. The van der Waals surface area contributed by atoms with Gasteiger partial charge in [0, 0.05) is 11.4 Å². The average molecular weight is 452 g/mol. The number of carbonyl (C=O) groups is 2. The number of carbonyl (C=O) groups excluding carboxylic acids is 2. The highest BCUT2D eigenvalue weighted by atomic mass is 32.2. The summed E-state index contributed by atoms with van der Waals surface area (Å²) in [4.78, 5) is 26.3. The molecule has 0 aromatic heterocycles. The zero-order chi connectivity index (χ0) is 22.7. The molecule has 0 unspecified atom stereocenters. The first-order valence-electron chi connectivity index (χ1n) is 9.83. The fraction of sp³-hybridized carbons (Fsp3) is 0.130. The lowest BCUT2D eigenvalue weighted by atomic mass is 10.2. The number of hydrogen-bond acceptors (Lipinski definition) is 5. The molecule has 0 atom stereocenters. The summed E-state index contributed by atoms with van der Waals surface area (Å²) in [5.41, 5.74) is 2.34. The number of sulfonamides is 1. The van der Waals surface area contributed by atoms with E-state index in [1.165, 1.54) is 17.0 Å². The molecule has 0 radical (unpaired) electrons. The van der Waals surface area contributed by atoms with E-state index in [4.69, 9.17) is 4.74 Å². The van der Waals surface area contributed by atoms with Crippen LogP contribution >= 0.6 is 0 Å². The number of ether oxygens (including phenoxy) is 1. The normalized spacial score (nSPS) is 13.2. The lowest BCUT2D eigenvalue weighted by Crippen LogP contribution is -2.43. The number of aryl methyl sites for hydroxylation is 1. The van der Waals surface area contributed by atoms with E-state index in [-0.39, 0.29) is 29.9 Å². The molecule has 2 amide bonds. The SMILES string of the molecule is Cc1ccc(S(=O)(=O)Nc2ccc(NC(=O)CN3C(=O)COc4ccccc43)cc2)cc1. The van der Waals surface area contributed by atoms with E-state index in [0.29, 0.717) is 22.8 Å². The van der Waals surface area contributed by atoms with Crippen molar-refractivity contribution in [1.29, 1.82) is 0 Å². The number of benzene rings is 3. The van der Waals surface area contributed by atoms with E-state index < -0.39 is 10.0 Å². The maximum absolute atomic E-state index is 12.5. The number of hydrogen-bond donors (Lipinski definition) is 2. The molecule has 3 aromatic carbocycles. The van der Waals surface area contributed by atoms with Crippen LogP contribution in [0.15, 0.2) is 77.7 Å². The zero-order valence-electron chi connectivity index (χ0n) is 17.2. The number of para-hydroxylation sites is 2. The van der Waals surface area contributed by atoms with Gasteiger partial charge in [-0.25, -0.2) is 8.42 Å². The van der Waals surface area contributed by atoms with Crippen LogP contribution in [0.25, 0.3) is 0 Å². The van der Waals surface area contributed by atoms with Crippen LogP contribution in [0.4, 0.5) is 17.1 Å². The van der Waals surface area contributed by atoms with E-state index in [9.17, 15) is 18.0 Å². The standard InChI is InChI=1S/C23H21N3O5S/c1-16-6-12-19(13-7-16)32(29,30)25-18-10-8-17(9-11-18)24-22(27)14-26-20-4-2-3-5-21(20)31-15-23(26)28/h2-13,25H,14-15H2,1H3,(H,24,27). The molecular formula is C23H21N3O5S. The van der Waals surface area contributed by atoms with Gasteiger partial charge < -0.3 is 10.1 Å². The Labute approximate surface area is 185 Å². The predicted octanol–water partition coefficient (Wildman–Crippen LogP) is 3.16. The first kappa shape index (κ1) is 21.4. The van der Waals surface area contributed by atoms with Gasteiger partial charge in [-0.05, 0) is 55.5 Å². The molecule has 8 nitrogen and oxygen atoms in total. The van der Waals surface area contributed by atoms with Crippen molar-refractivity contribution in [2.24, 2.45) is 0 Å². The molecule has 164 valence electrons. The summed E-state index contributed by atoms with van der Waals surface area (Å²) < 4.78 is 32.9. The van der Waals surface area contributed by atoms with Crippen molar-refractivity contribution in [3.8, 4) is 5.75 Å². The van der Waals surface area contributed by atoms with Crippen LogP contribution in [0.5, 0.6) is 5.75 Å². The third-order valence-corrected chi connectivity index (χ3v) is 6.26. The summed E-state index contributed by atoms with van der Waals surface area (Å²) >= 11 is 0. The van der Waals surface area contributed by atoms with Crippen LogP contribution in [0.3, 0.4) is 0 Å². The van der Waals surface area contributed by atoms with Crippen molar-refractivity contribution in [2.45, 2.75) is 11.8 Å². The number of anilines is 3. The molecule has 0 saturated heterocycles. The number of nitrogens with zero attached hydrogens (tertiary/aromatic N) is 1. The maximum atomic E-state index is 12.5. The van der Waals surface area contributed by atoms with Gasteiger partial charge in [0.15, 0.2) is 6.61 Å². The highest BCUT2D eigenvalue weighted by Gasteiger charge is 2.27. The van der Waals surface area contributed by atoms with Crippen molar-refractivity contribution < 1.29 is 22.7 Å². The zero-order valence-corrected chi connectivity index (χ0v) is 18.1. The van der Waals surface area contributed by atoms with Crippen LogP contribution in [-0.2, 0) is 19.6 Å². The van der Waals surface area contributed by atoms with E-state index in [2.05, 4.69) is 10.0 Å². The van der Waals surface area contributed by atoms with Crippen molar-refractivity contribution in [3.05, 3.63) is 78.4 Å². The Hall–Kier alpha value is -3.85. The summed E-state index contributed by atoms with van der Waals surface area (Å²) in [5, 5.41) is 2.72. The Kier molecular flexibility index (Phi) is 5.83. The third-order valence-electron chi connectivity index (χ3n) is 4.86. The Bertz CT molecular complexity index is 1260. The summed E-state index contributed by atoms with van der Waals surface area (Å²) in [6, 6.07) is 19.8. The van der Waals surface area contributed by atoms with Crippen molar-refractivity contribution in [3.63, 3.8) is 0 Å². The van der Waals surface area contributed by atoms with Gasteiger partial charge in [0.1, 0.15) is 12.3 Å². The second-order valence-corrected chi connectivity index (χ2v) is 8.96. The molecule has 0 bridgehead atoms. The summed E-state index contributed by atoms with van der Waals surface area (Å²) in [5.74, 6) is -0.145. The molecule has 0 fully saturated rings. The topological polar surface area (TPSA) is 105 Å². The maximum Gasteiger partial charge on any atom is 0.265 e. The molecule has 2 N–H and O–H groups in total. The molecule has 0 aliphatic carbocycles. The van der Waals surface area contributed by atoms with Gasteiger partial charge in [0.25, 0.3) is 15.9 Å². The minimum atomic E-state index is -3.71. The molecule has 0 saturated carbocycles. The van der Waals surface area contributed by atoms with E-state index in [1.54, 1.807) is 60.7 Å². The molecule has 0 spiro atoms. The van der Waals surface area contributed by atoms with E-state index >= 15 is 0 Å². The predicted molar refractivity (Wildman–Crippen MR) is 121 cm³/mol. The Balaban J connectivity index is 1.40. The fourth-order valence-corrected chi connectivity index (χ4v) is 4.28. The van der Waals surface area contributed by atoms with Crippen LogP contribution in [0.2, 0.25) is 0 Å². The fourth-order valence-electron chi connectivity index (χ4n) is 3.22. The summed E-state index contributed by atoms with van der Waals surface area (Å²) in [6.07, 6.45) is 0. The lowest BCUT2D eigenvalue weighted by molar-refractivity contribution is -0.123. The molecule has 32 heavy (non-hydrogen) atoms. The molecule has 9 heteroatoms. The molecule has 4 rings (SSSR count). The van der Waals surface area contributed by atoms with E-state index in [1.807, 2.05) is 6.92 Å². The highest BCUT2D eigenvalue weighted by Crippen LogP contribution is 2.31. The molecule has 3 aromatic rings. The number of rotatable bonds is 6. The van der Waals surface area contributed by atoms with Crippen LogP contribution in [0.1, 0.15) is 5.56 Å².